The standard InChI is InChI=1S/C19H22N2O2.ClH/c1-20-16-10-12-21(13-11-16)19(22)15-6-5-9-18(14-15)23-17-7-3-2-4-8-17;/h2-9,14,16,20H,10-13H2,1H3;1H. The molecular weight excluding hydrogens is 324 g/mol. The van der Waals surface area contributed by atoms with Gasteiger partial charge in [-0.1, -0.05) is 24.3 Å². The maximum Gasteiger partial charge on any atom is 0.253 e. The van der Waals surface area contributed by atoms with Crippen LogP contribution in [0.15, 0.2) is 54.6 Å². The minimum Gasteiger partial charge on any atom is -0.457 e. The Kier molecular flexibility index (Phi) is 6.64. The zero-order valence-electron chi connectivity index (χ0n) is 13.8. The molecule has 1 amide bonds. The zero-order chi connectivity index (χ0) is 16.1. The van der Waals surface area contributed by atoms with E-state index in [1.54, 1.807) is 0 Å². The smallest absolute Gasteiger partial charge is 0.253 e. The average molecular weight is 347 g/mol. The molecule has 24 heavy (non-hydrogen) atoms. The molecule has 0 unspecified atom stereocenters. The Morgan fingerprint density at radius 1 is 1.04 bits per heavy atom. The summed E-state index contributed by atoms with van der Waals surface area (Å²) in [5.74, 6) is 1.54. The van der Waals surface area contributed by atoms with E-state index in [-0.39, 0.29) is 18.3 Å². The fourth-order valence-corrected chi connectivity index (χ4v) is 2.87. The van der Waals surface area contributed by atoms with Gasteiger partial charge in [0.1, 0.15) is 11.5 Å². The van der Waals surface area contributed by atoms with Crippen LogP contribution in [0.25, 0.3) is 0 Å². The molecule has 0 spiro atoms. The molecule has 2 aromatic rings. The van der Waals surface area contributed by atoms with Gasteiger partial charge in [-0.25, -0.2) is 0 Å². The molecule has 1 aliphatic rings. The summed E-state index contributed by atoms with van der Waals surface area (Å²) >= 11 is 0. The maximum atomic E-state index is 12.6. The zero-order valence-corrected chi connectivity index (χ0v) is 14.6. The third-order valence-electron chi connectivity index (χ3n) is 4.25. The monoisotopic (exact) mass is 346 g/mol. The molecule has 1 N–H and O–H groups in total. The lowest BCUT2D eigenvalue weighted by Crippen LogP contribution is -2.43. The van der Waals surface area contributed by atoms with Crippen molar-refractivity contribution < 1.29 is 9.53 Å². The number of rotatable bonds is 4. The average Bonchev–Trinajstić information content (AvgIpc) is 2.62. The molecule has 1 aliphatic heterocycles. The molecule has 5 heteroatoms. The number of carbonyl (C=O) groups excluding carboxylic acids is 1. The van der Waals surface area contributed by atoms with Gasteiger partial charge in [-0.05, 0) is 50.2 Å². The van der Waals surface area contributed by atoms with Crippen LogP contribution in [0, 0.1) is 0 Å². The Bertz CT molecular complexity index is 655. The number of nitrogens with zero attached hydrogens (tertiary/aromatic N) is 1. The molecule has 0 aromatic heterocycles. The van der Waals surface area contributed by atoms with E-state index in [1.807, 2.05) is 66.5 Å². The Morgan fingerprint density at radius 2 is 1.71 bits per heavy atom. The Morgan fingerprint density at radius 3 is 2.38 bits per heavy atom. The van der Waals surface area contributed by atoms with Gasteiger partial charge in [0, 0.05) is 24.7 Å². The van der Waals surface area contributed by atoms with Crippen LogP contribution < -0.4 is 10.1 Å². The molecule has 0 aliphatic carbocycles. The van der Waals surface area contributed by atoms with Crippen molar-refractivity contribution in [1.29, 1.82) is 0 Å². The van der Waals surface area contributed by atoms with E-state index in [0.29, 0.717) is 17.4 Å². The number of ether oxygens (including phenoxy) is 1. The van der Waals surface area contributed by atoms with Crippen molar-refractivity contribution >= 4 is 18.3 Å². The summed E-state index contributed by atoms with van der Waals surface area (Å²) in [6, 6.07) is 17.5. The number of piperidine rings is 1. The minimum absolute atomic E-state index is 0. The predicted molar refractivity (Wildman–Crippen MR) is 98.2 cm³/mol. The molecule has 0 radical (unpaired) electrons. The van der Waals surface area contributed by atoms with Crippen molar-refractivity contribution in [2.24, 2.45) is 0 Å². The molecule has 2 aromatic carbocycles. The first kappa shape index (κ1) is 18.3. The molecule has 1 fully saturated rings. The summed E-state index contributed by atoms with van der Waals surface area (Å²) in [5.41, 5.74) is 0.682. The molecule has 4 nitrogen and oxygen atoms in total. The van der Waals surface area contributed by atoms with Crippen LogP contribution >= 0.6 is 12.4 Å². The quantitative estimate of drug-likeness (QED) is 0.917. The third-order valence-corrected chi connectivity index (χ3v) is 4.25. The number of likely N-dealkylation sites (tertiary alicyclic amines) is 1. The van der Waals surface area contributed by atoms with Gasteiger partial charge in [0.05, 0.1) is 0 Å². The van der Waals surface area contributed by atoms with E-state index in [9.17, 15) is 4.79 Å². The lowest BCUT2D eigenvalue weighted by Gasteiger charge is -2.31. The van der Waals surface area contributed by atoms with Crippen molar-refractivity contribution in [2.45, 2.75) is 18.9 Å². The summed E-state index contributed by atoms with van der Waals surface area (Å²) in [6.45, 7) is 1.60. The Hall–Kier alpha value is -2.04. The van der Waals surface area contributed by atoms with E-state index in [0.717, 1.165) is 31.7 Å². The summed E-state index contributed by atoms with van der Waals surface area (Å²) in [7, 11) is 1.98. The van der Waals surface area contributed by atoms with Crippen LogP contribution in [-0.4, -0.2) is 37.0 Å². The summed E-state index contributed by atoms with van der Waals surface area (Å²) in [6.07, 6.45) is 2.00. The number of amides is 1. The van der Waals surface area contributed by atoms with E-state index in [1.165, 1.54) is 0 Å². The van der Waals surface area contributed by atoms with Crippen LogP contribution in [0.1, 0.15) is 23.2 Å². The van der Waals surface area contributed by atoms with E-state index < -0.39 is 0 Å². The van der Waals surface area contributed by atoms with Crippen LogP contribution in [-0.2, 0) is 0 Å². The van der Waals surface area contributed by atoms with Crippen LogP contribution in [0.4, 0.5) is 0 Å². The largest absolute Gasteiger partial charge is 0.457 e. The highest BCUT2D eigenvalue weighted by atomic mass is 35.5. The summed E-state index contributed by atoms with van der Waals surface area (Å²) < 4.78 is 5.81. The molecule has 3 rings (SSSR count). The van der Waals surface area contributed by atoms with Gasteiger partial charge >= 0.3 is 0 Å². The first-order chi connectivity index (χ1) is 11.3. The second kappa shape index (κ2) is 8.71. The highest BCUT2D eigenvalue weighted by Gasteiger charge is 2.22. The number of carbonyl (C=O) groups is 1. The molecule has 0 atom stereocenters. The van der Waals surface area contributed by atoms with Crippen LogP contribution in [0.5, 0.6) is 11.5 Å². The SMILES string of the molecule is CNC1CCN(C(=O)c2cccc(Oc3ccccc3)c2)CC1.Cl. The fraction of sp³-hybridized carbons (Fsp3) is 0.316. The number of nitrogens with one attached hydrogen (secondary N) is 1. The minimum atomic E-state index is 0. The topological polar surface area (TPSA) is 41.6 Å². The van der Waals surface area contributed by atoms with Gasteiger partial charge in [0.25, 0.3) is 5.91 Å². The van der Waals surface area contributed by atoms with Gasteiger partial charge in [-0.3, -0.25) is 4.79 Å². The lowest BCUT2D eigenvalue weighted by atomic mass is 10.0. The number of hydrogen-bond acceptors (Lipinski definition) is 3. The van der Waals surface area contributed by atoms with Crippen molar-refractivity contribution in [3.8, 4) is 11.5 Å². The summed E-state index contributed by atoms with van der Waals surface area (Å²) in [4.78, 5) is 14.6. The van der Waals surface area contributed by atoms with E-state index >= 15 is 0 Å². The van der Waals surface area contributed by atoms with Crippen molar-refractivity contribution in [3.05, 3.63) is 60.2 Å². The van der Waals surface area contributed by atoms with Crippen molar-refractivity contribution in [1.82, 2.24) is 10.2 Å². The van der Waals surface area contributed by atoms with Crippen LogP contribution in [0.2, 0.25) is 0 Å². The van der Waals surface area contributed by atoms with Gasteiger partial charge in [-0.2, -0.15) is 0 Å². The highest BCUT2D eigenvalue weighted by molar-refractivity contribution is 5.94. The maximum absolute atomic E-state index is 12.6. The van der Waals surface area contributed by atoms with E-state index in [4.69, 9.17) is 4.74 Å². The molecule has 128 valence electrons. The molecule has 1 heterocycles. The third kappa shape index (κ3) is 4.49. The van der Waals surface area contributed by atoms with Gasteiger partial charge < -0.3 is 15.0 Å². The number of benzene rings is 2. The first-order valence-corrected chi connectivity index (χ1v) is 8.06. The van der Waals surface area contributed by atoms with Crippen LogP contribution in [0.3, 0.4) is 0 Å². The predicted octanol–water partition coefficient (Wildman–Crippen LogP) is 3.72. The number of hydrogen-bond donors (Lipinski definition) is 1. The molecular formula is C19H23ClN2O2. The molecule has 1 saturated heterocycles. The molecule has 0 saturated carbocycles. The Balaban J connectivity index is 0.00000208. The number of halogens is 1. The second-order valence-electron chi connectivity index (χ2n) is 5.80. The second-order valence-corrected chi connectivity index (χ2v) is 5.80. The number of para-hydroxylation sites is 1. The van der Waals surface area contributed by atoms with Crippen molar-refractivity contribution in [3.63, 3.8) is 0 Å². The first-order valence-electron chi connectivity index (χ1n) is 8.06. The highest BCUT2D eigenvalue weighted by Crippen LogP contribution is 2.23. The van der Waals surface area contributed by atoms with Crippen molar-refractivity contribution in [2.75, 3.05) is 20.1 Å². The molecule has 0 bridgehead atoms. The van der Waals surface area contributed by atoms with Gasteiger partial charge in [0.15, 0.2) is 0 Å². The van der Waals surface area contributed by atoms with E-state index in [2.05, 4.69) is 5.32 Å². The normalized spacial score (nSPS) is 14.8. The Labute approximate surface area is 149 Å². The van der Waals surface area contributed by atoms with Gasteiger partial charge in [0.2, 0.25) is 0 Å². The van der Waals surface area contributed by atoms with Gasteiger partial charge in [-0.15, -0.1) is 12.4 Å². The summed E-state index contributed by atoms with van der Waals surface area (Å²) in [5, 5.41) is 3.28. The lowest BCUT2D eigenvalue weighted by molar-refractivity contribution is 0.0707. The fourth-order valence-electron chi connectivity index (χ4n) is 2.87.